The maximum absolute atomic E-state index is 11.0. The topological polar surface area (TPSA) is 63.3 Å². The van der Waals surface area contributed by atoms with Crippen LogP contribution in [0.1, 0.15) is 30.7 Å². The summed E-state index contributed by atoms with van der Waals surface area (Å²) in [6, 6.07) is 10.0. The molecule has 0 aliphatic heterocycles. The first-order valence-corrected chi connectivity index (χ1v) is 5.19. The Bertz CT molecular complexity index is 363. The lowest BCUT2D eigenvalue weighted by Crippen LogP contribution is -2.45. The molecule has 0 aromatic heterocycles. The van der Waals surface area contributed by atoms with Gasteiger partial charge in [0.2, 0.25) is 0 Å². The van der Waals surface area contributed by atoms with Crippen LogP contribution in [0.2, 0.25) is 0 Å². The van der Waals surface area contributed by atoms with Gasteiger partial charge < -0.3 is 10.8 Å². The SMILES string of the molecule is N[C@@]1(C(=O)O)CC[C@@H](c2ccccc2)C1. The van der Waals surface area contributed by atoms with Crippen LogP contribution < -0.4 is 5.73 Å². The Morgan fingerprint density at radius 2 is 2.07 bits per heavy atom. The summed E-state index contributed by atoms with van der Waals surface area (Å²) in [6.07, 6.45) is 1.99. The maximum Gasteiger partial charge on any atom is 0.323 e. The van der Waals surface area contributed by atoms with Crippen LogP contribution in [0.5, 0.6) is 0 Å². The molecule has 15 heavy (non-hydrogen) atoms. The van der Waals surface area contributed by atoms with Crippen molar-refractivity contribution in [3.8, 4) is 0 Å². The second kappa shape index (κ2) is 3.66. The van der Waals surface area contributed by atoms with E-state index in [1.165, 1.54) is 5.56 Å². The van der Waals surface area contributed by atoms with Gasteiger partial charge in [0.15, 0.2) is 0 Å². The van der Waals surface area contributed by atoms with E-state index in [1.807, 2.05) is 30.3 Å². The van der Waals surface area contributed by atoms with Gasteiger partial charge >= 0.3 is 5.97 Å². The van der Waals surface area contributed by atoms with E-state index in [0.29, 0.717) is 18.8 Å². The van der Waals surface area contributed by atoms with Crippen LogP contribution >= 0.6 is 0 Å². The number of hydrogen-bond acceptors (Lipinski definition) is 2. The van der Waals surface area contributed by atoms with E-state index < -0.39 is 11.5 Å². The first-order valence-electron chi connectivity index (χ1n) is 5.19. The van der Waals surface area contributed by atoms with Gasteiger partial charge in [-0.25, -0.2) is 0 Å². The molecule has 1 saturated carbocycles. The molecule has 1 aliphatic carbocycles. The van der Waals surface area contributed by atoms with Crippen LogP contribution in [0.3, 0.4) is 0 Å². The molecule has 1 aromatic carbocycles. The zero-order valence-electron chi connectivity index (χ0n) is 8.52. The summed E-state index contributed by atoms with van der Waals surface area (Å²) in [7, 11) is 0. The second-order valence-corrected chi connectivity index (χ2v) is 4.31. The van der Waals surface area contributed by atoms with E-state index in [0.717, 1.165) is 6.42 Å². The van der Waals surface area contributed by atoms with E-state index in [9.17, 15) is 4.79 Å². The fourth-order valence-electron chi connectivity index (χ4n) is 2.28. The zero-order chi connectivity index (χ0) is 10.9. The fraction of sp³-hybridized carbons (Fsp3) is 0.417. The number of carboxylic acids is 1. The highest BCUT2D eigenvalue weighted by molar-refractivity contribution is 5.79. The number of carboxylic acid groups (broad SMARTS) is 1. The Hall–Kier alpha value is -1.35. The molecule has 0 radical (unpaired) electrons. The van der Waals surface area contributed by atoms with E-state index in [-0.39, 0.29) is 0 Å². The van der Waals surface area contributed by atoms with Crippen LogP contribution in [-0.2, 0) is 4.79 Å². The van der Waals surface area contributed by atoms with E-state index in [4.69, 9.17) is 10.8 Å². The van der Waals surface area contributed by atoms with Crippen molar-refractivity contribution >= 4 is 5.97 Å². The molecule has 2 rings (SSSR count). The smallest absolute Gasteiger partial charge is 0.323 e. The van der Waals surface area contributed by atoms with Gasteiger partial charge in [0.05, 0.1) is 0 Å². The van der Waals surface area contributed by atoms with E-state index in [2.05, 4.69) is 0 Å². The van der Waals surface area contributed by atoms with Crippen molar-refractivity contribution in [2.75, 3.05) is 0 Å². The maximum atomic E-state index is 11.0. The van der Waals surface area contributed by atoms with Gasteiger partial charge in [0, 0.05) is 0 Å². The highest BCUT2D eigenvalue weighted by Gasteiger charge is 2.42. The summed E-state index contributed by atoms with van der Waals surface area (Å²) in [5.74, 6) is -0.576. The minimum absolute atomic E-state index is 0.298. The predicted octanol–water partition coefficient (Wildman–Crippen LogP) is 1.74. The Labute approximate surface area is 88.9 Å². The van der Waals surface area contributed by atoms with Crippen LogP contribution in [0.25, 0.3) is 0 Å². The Kier molecular flexibility index (Phi) is 2.49. The van der Waals surface area contributed by atoms with Crippen LogP contribution in [0.4, 0.5) is 0 Å². The molecule has 0 saturated heterocycles. The molecule has 0 spiro atoms. The number of aliphatic carboxylic acids is 1. The molecule has 3 nitrogen and oxygen atoms in total. The number of hydrogen-bond donors (Lipinski definition) is 2. The molecule has 80 valence electrons. The summed E-state index contributed by atoms with van der Waals surface area (Å²) >= 11 is 0. The highest BCUT2D eigenvalue weighted by Crippen LogP contribution is 2.39. The second-order valence-electron chi connectivity index (χ2n) is 4.31. The van der Waals surface area contributed by atoms with Gasteiger partial charge in [0.1, 0.15) is 5.54 Å². The lowest BCUT2D eigenvalue weighted by Gasteiger charge is -2.18. The van der Waals surface area contributed by atoms with Crippen molar-refractivity contribution in [3.05, 3.63) is 35.9 Å². The monoisotopic (exact) mass is 205 g/mol. The van der Waals surface area contributed by atoms with Gasteiger partial charge in [-0.2, -0.15) is 0 Å². The van der Waals surface area contributed by atoms with Gasteiger partial charge in [-0.3, -0.25) is 4.79 Å². The number of carbonyl (C=O) groups is 1. The number of benzene rings is 1. The molecule has 0 unspecified atom stereocenters. The molecule has 0 heterocycles. The molecule has 2 atom stereocenters. The zero-order valence-corrected chi connectivity index (χ0v) is 8.52. The molecule has 1 aromatic rings. The van der Waals surface area contributed by atoms with Gasteiger partial charge in [-0.15, -0.1) is 0 Å². The average molecular weight is 205 g/mol. The van der Waals surface area contributed by atoms with Gasteiger partial charge in [0.25, 0.3) is 0 Å². The van der Waals surface area contributed by atoms with Crippen molar-refractivity contribution < 1.29 is 9.90 Å². The minimum atomic E-state index is -1.01. The molecule has 1 fully saturated rings. The lowest BCUT2D eigenvalue weighted by atomic mass is 9.93. The van der Waals surface area contributed by atoms with Crippen LogP contribution in [0, 0.1) is 0 Å². The van der Waals surface area contributed by atoms with Gasteiger partial charge in [-0.05, 0) is 30.7 Å². The summed E-state index contributed by atoms with van der Waals surface area (Å²) < 4.78 is 0. The van der Waals surface area contributed by atoms with Crippen molar-refractivity contribution in [1.29, 1.82) is 0 Å². The fourth-order valence-corrected chi connectivity index (χ4v) is 2.28. The quantitative estimate of drug-likeness (QED) is 0.773. The molecular formula is C12H15NO2. The number of nitrogens with two attached hydrogens (primary N) is 1. The van der Waals surface area contributed by atoms with Crippen molar-refractivity contribution in [3.63, 3.8) is 0 Å². The average Bonchev–Trinajstić information content (AvgIpc) is 2.64. The summed E-state index contributed by atoms with van der Waals surface area (Å²) in [6.45, 7) is 0. The largest absolute Gasteiger partial charge is 0.480 e. The molecule has 1 aliphatic rings. The third-order valence-corrected chi connectivity index (χ3v) is 3.25. The Balaban J connectivity index is 2.14. The first kappa shape index (κ1) is 10.2. The molecule has 0 bridgehead atoms. The molecular weight excluding hydrogens is 190 g/mol. The first-order chi connectivity index (χ1) is 7.12. The summed E-state index contributed by atoms with van der Waals surface area (Å²) in [5, 5.41) is 9.01. The third-order valence-electron chi connectivity index (χ3n) is 3.25. The predicted molar refractivity (Wildman–Crippen MR) is 57.6 cm³/mol. The Morgan fingerprint density at radius 3 is 2.60 bits per heavy atom. The Morgan fingerprint density at radius 1 is 1.40 bits per heavy atom. The van der Waals surface area contributed by atoms with Crippen molar-refractivity contribution in [2.24, 2.45) is 5.73 Å². The van der Waals surface area contributed by atoms with E-state index in [1.54, 1.807) is 0 Å². The van der Waals surface area contributed by atoms with Crippen molar-refractivity contribution in [1.82, 2.24) is 0 Å². The minimum Gasteiger partial charge on any atom is -0.480 e. The highest BCUT2D eigenvalue weighted by atomic mass is 16.4. The van der Waals surface area contributed by atoms with Gasteiger partial charge in [-0.1, -0.05) is 30.3 Å². The molecule has 3 N–H and O–H groups in total. The molecule has 0 amide bonds. The third kappa shape index (κ3) is 1.88. The number of rotatable bonds is 2. The van der Waals surface area contributed by atoms with Crippen LogP contribution in [-0.4, -0.2) is 16.6 Å². The normalized spacial score (nSPS) is 30.3. The van der Waals surface area contributed by atoms with Crippen molar-refractivity contribution in [2.45, 2.75) is 30.7 Å². The lowest BCUT2D eigenvalue weighted by molar-refractivity contribution is -0.143. The standard InChI is InChI=1S/C12H15NO2/c13-12(11(14)15)7-6-10(8-12)9-4-2-1-3-5-9/h1-5,10H,6-8,13H2,(H,14,15)/t10-,12+/m1/s1. The molecule has 3 heteroatoms. The van der Waals surface area contributed by atoms with Crippen LogP contribution in [0.15, 0.2) is 30.3 Å². The van der Waals surface area contributed by atoms with E-state index >= 15 is 0 Å². The summed E-state index contributed by atoms with van der Waals surface area (Å²) in [4.78, 5) is 11.0. The summed E-state index contributed by atoms with van der Waals surface area (Å²) in [5.41, 5.74) is 6.02.